The van der Waals surface area contributed by atoms with Gasteiger partial charge in [-0.05, 0) is 34.0 Å². The molecular formula is C16H29N5. The van der Waals surface area contributed by atoms with Crippen LogP contribution in [0.4, 0.5) is 5.69 Å². The Morgan fingerprint density at radius 2 is 2.19 bits per heavy atom. The quantitative estimate of drug-likeness (QED) is 0.866. The number of nitrogens with zero attached hydrogens (tertiary/aromatic N) is 4. The lowest BCUT2D eigenvalue weighted by Crippen LogP contribution is -2.38. The minimum Gasteiger partial charge on any atom is -0.364 e. The lowest BCUT2D eigenvalue weighted by molar-refractivity contribution is 0.371. The van der Waals surface area contributed by atoms with Crippen LogP contribution in [0.3, 0.4) is 0 Å². The van der Waals surface area contributed by atoms with Crippen LogP contribution in [0.25, 0.3) is 0 Å². The third-order valence-electron chi connectivity index (χ3n) is 3.99. The van der Waals surface area contributed by atoms with E-state index in [-0.39, 0.29) is 0 Å². The second-order valence-electron chi connectivity index (χ2n) is 6.50. The monoisotopic (exact) mass is 291 g/mol. The molecule has 0 saturated carbocycles. The molecule has 0 radical (unpaired) electrons. The van der Waals surface area contributed by atoms with Crippen LogP contribution in [0.15, 0.2) is 6.20 Å². The van der Waals surface area contributed by atoms with Crippen LogP contribution in [0.1, 0.15) is 44.1 Å². The molecular weight excluding hydrogens is 262 g/mol. The van der Waals surface area contributed by atoms with Gasteiger partial charge in [-0.1, -0.05) is 13.8 Å². The molecule has 5 nitrogen and oxygen atoms in total. The highest BCUT2D eigenvalue weighted by atomic mass is 15.2. The Morgan fingerprint density at radius 1 is 1.43 bits per heavy atom. The smallest absolute Gasteiger partial charge is 0.131 e. The van der Waals surface area contributed by atoms with Gasteiger partial charge in [0, 0.05) is 31.6 Å². The van der Waals surface area contributed by atoms with Crippen molar-refractivity contribution in [2.24, 2.45) is 0 Å². The third-order valence-corrected chi connectivity index (χ3v) is 3.99. The van der Waals surface area contributed by atoms with E-state index >= 15 is 0 Å². The Balaban J connectivity index is 2.28. The summed E-state index contributed by atoms with van der Waals surface area (Å²) in [6.45, 7) is 7.28. The molecule has 0 spiro atoms. The van der Waals surface area contributed by atoms with Gasteiger partial charge < -0.3 is 15.1 Å². The largest absolute Gasteiger partial charge is 0.364 e. The van der Waals surface area contributed by atoms with Gasteiger partial charge in [0.1, 0.15) is 5.82 Å². The van der Waals surface area contributed by atoms with E-state index in [2.05, 4.69) is 48.0 Å². The lowest BCUT2D eigenvalue weighted by atomic mass is 10.1. The van der Waals surface area contributed by atoms with Gasteiger partial charge in [0.05, 0.1) is 17.6 Å². The fraction of sp³-hybridized carbons (Fsp3) is 0.750. The van der Waals surface area contributed by atoms with Crippen molar-refractivity contribution in [2.75, 3.05) is 39.1 Å². The number of hydrogen-bond donors (Lipinski definition) is 1. The van der Waals surface area contributed by atoms with Crippen LogP contribution in [-0.2, 0) is 6.54 Å². The molecule has 0 aromatic carbocycles. The van der Waals surface area contributed by atoms with Gasteiger partial charge in [-0.25, -0.2) is 9.97 Å². The van der Waals surface area contributed by atoms with Crippen LogP contribution in [0, 0.1) is 0 Å². The molecule has 0 aliphatic carbocycles. The molecule has 2 rings (SSSR count). The predicted molar refractivity (Wildman–Crippen MR) is 87.8 cm³/mol. The molecule has 0 bridgehead atoms. The number of anilines is 1. The van der Waals surface area contributed by atoms with Crippen molar-refractivity contribution in [1.29, 1.82) is 0 Å². The molecule has 21 heavy (non-hydrogen) atoms. The van der Waals surface area contributed by atoms with E-state index in [9.17, 15) is 0 Å². The molecule has 1 fully saturated rings. The van der Waals surface area contributed by atoms with Crippen LogP contribution < -0.4 is 10.2 Å². The maximum atomic E-state index is 4.79. The molecule has 1 N–H and O–H groups in total. The van der Waals surface area contributed by atoms with Gasteiger partial charge in [0.15, 0.2) is 0 Å². The summed E-state index contributed by atoms with van der Waals surface area (Å²) >= 11 is 0. The summed E-state index contributed by atoms with van der Waals surface area (Å²) in [5, 5.41) is 3.24. The first kappa shape index (κ1) is 16.2. The zero-order valence-electron chi connectivity index (χ0n) is 14.1. The average Bonchev–Trinajstić information content (AvgIpc) is 2.86. The predicted octanol–water partition coefficient (Wildman–Crippen LogP) is 1.85. The van der Waals surface area contributed by atoms with E-state index in [1.807, 2.05) is 13.2 Å². The first-order valence-electron chi connectivity index (χ1n) is 7.94. The molecule has 1 unspecified atom stereocenters. The summed E-state index contributed by atoms with van der Waals surface area (Å²) in [6, 6.07) is 0.573. The highest BCUT2D eigenvalue weighted by molar-refractivity contribution is 5.51. The topological polar surface area (TPSA) is 44.3 Å². The Labute approximate surface area is 128 Å². The minimum absolute atomic E-state index is 0.366. The maximum absolute atomic E-state index is 4.79. The van der Waals surface area contributed by atoms with Crippen LogP contribution >= 0.6 is 0 Å². The molecule has 1 aliphatic heterocycles. The van der Waals surface area contributed by atoms with E-state index in [1.54, 1.807) is 0 Å². The van der Waals surface area contributed by atoms with Crippen molar-refractivity contribution in [2.45, 2.75) is 45.2 Å². The first-order chi connectivity index (χ1) is 10.0. The SMILES string of the molecule is CNCc1nc(C(C)C)ncc1N1CCCC1CN(C)C. The Hall–Kier alpha value is -1.20. The molecule has 5 heteroatoms. The van der Waals surface area contributed by atoms with E-state index in [0.717, 1.165) is 31.2 Å². The fourth-order valence-electron chi connectivity index (χ4n) is 3.01. The van der Waals surface area contributed by atoms with Gasteiger partial charge in [-0.2, -0.15) is 0 Å². The van der Waals surface area contributed by atoms with Crippen molar-refractivity contribution in [3.8, 4) is 0 Å². The van der Waals surface area contributed by atoms with E-state index < -0.39 is 0 Å². The van der Waals surface area contributed by atoms with Crippen LogP contribution in [0.2, 0.25) is 0 Å². The third kappa shape index (κ3) is 3.92. The second-order valence-corrected chi connectivity index (χ2v) is 6.50. The van der Waals surface area contributed by atoms with Crippen molar-refractivity contribution >= 4 is 5.69 Å². The highest BCUT2D eigenvalue weighted by Gasteiger charge is 2.27. The zero-order valence-corrected chi connectivity index (χ0v) is 14.1. The van der Waals surface area contributed by atoms with Crippen molar-refractivity contribution < 1.29 is 0 Å². The van der Waals surface area contributed by atoms with E-state index in [4.69, 9.17) is 4.98 Å². The summed E-state index contributed by atoms with van der Waals surface area (Å²) in [7, 11) is 6.26. The first-order valence-corrected chi connectivity index (χ1v) is 7.94. The van der Waals surface area contributed by atoms with Gasteiger partial charge in [-0.15, -0.1) is 0 Å². The fourth-order valence-corrected chi connectivity index (χ4v) is 3.01. The van der Waals surface area contributed by atoms with E-state index in [1.165, 1.54) is 18.5 Å². The molecule has 1 saturated heterocycles. The van der Waals surface area contributed by atoms with Crippen molar-refractivity contribution in [3.63, 3.8) is 0 Å². The number of aromatic nitrogens is 2. The molecule has 1 aromatic rings. The molecule has 118 valence electrons. The number of rotatable bonds is 6. The summed E-state index contributed by atoms with van der Waals surface area (Å²) < 4.78 is 0. The average molecular weight is 291 g/mol. The standard InChI is InChI=1S/C16H29N5/c1-12(2)16-18-10-15(14(19-16)9-17-3)21-8-6-7-13(21)11-20(4)5/h10,12-13,17H,6-9,11H2,1-5H3. The number of nitrogens with one attached hydrogen (secondary N) is 1. The summed E-state index contributed by atoms with van der Waals surface area (Å²) in [5.74, 6) is 1.30. The molecule has 2 heterocycles. The Kier molecular flexibility index (Phi) is 5.53. The molecule has 1 atom stereocenters. The molecule has 0 amide bonds. The Morgan fingerprint density at radius 3 is 2.81 bits per heavy atom. The number of likely N-dealkylation sites (N-methyl/N-ethyl adjacent to an activating group) is 1. The van der Waals surface area contributed by atoms with Gasteiger partial charge in [0.25, 0.3) is 0 Å². The highest BCUT2D eigenvalue weighted by Crippen LogP contribution is 2.28. The maximum Gasteiger partial charge on any atom is 0.131 e. The molecule has 1 aromatic heterocycles. The van der Waals surface area contributed by atoms with Crippen LogP contribution in [-0.4, -0.2) is 55.1 Å². The van der Waals surface area contributed by atoms with Crippen LogP contribution in [0.5, 0.6) is 0 Å². The van der Waals surface area contributed by atoms with Gasteiger partial charge >= 0.3 is 0 Å². The minimum atomic E-state index is 0.366. The van der Waals surface area contributed by atoms with Crippen molar-refractivity contribution in [1.82, 2.24) is 20.2 Å². The van der Waals surface area contributed by atoms with Gasteiger partial charge in [-0.3, -0.25) is 0 Å². The number of hydrogen-bond acceptors (Lipinski definition) is 5. The Bertz CT molecular complexity index is 458. The second kappa shape index (κ2) is 7.18. The summed E-state index contributed by atoms with van der Waals surface area (Å²) in [5.41, 5.74) is 2.33. The molecule has 1 aliphatic rings. The lowest BCUT2D eigenvalue weighted by Gasteiger charge is -2.30. The zero-order chi connectivity index (χ0) is 15.4. The van der Waals surface area contributed by atoms with Gasteiger partial charge in [0.2, 0.25) is 0 Å². The summed E-state index contributed by atoms with van der Waals surface area (Å²) in [4.78, 5) is 14.1. The summed E-state index contributed by atoms with van der Waals surface area (Å²) in [6.07, 6.45) is 4.54. The normalized spacial score (nSPS) is 19.0. The van der Waals surface area contributed by atoms with Crippen molar-refractivity contribution in [3.05, 3.63) is 17.7 Å². The van der Waals surface area contributed by atoms with E-state index in [0.29, 0.717) is 12.0 Å².